The maximum Gasteiger partial charge on any atom is 0.242 e. The maximum atomic E-state index is 12.9. The van der Waals surface area contributed by atoms with E-state index in [0.29, 0.717) is 25.5 Å². The number of carbonyl (C=O) groups is 1. The number of ether oxygens (including phenoxy) is 1. The molecule has 0 radical (unpaired) electrons. The van der Waals surface area contributed by atoms with Crippen molar-refractivity contribution < 1.29 is 9.53 Å². The van der Waals surface area contributed by atoms with Crippen LogP contribution in [-0.2, 0) is 16.1 Å². The van der Waals surface area contributed by atoms with Crippen LogP contribution in [0.2, 0.25) is 0 Å². The molecule has 26 heavy (non-hydrogen) atoms. The molecule has 1 aliphatic rings. The standard InChI is InChI=1S/C19H21N5O2/c1-13-21-14-5-2-3-7-16(14)24(13)12-19(25)23-9-10-26-17(11-23)15-6-4-8-18(20)22-15/h2-8,17H,9-12H2,1H3,(H2,20,22)/t17-/m0/s1. The predicted octanol–water partition coefficient (Wildman–Crippen LogP) is 1.92. The minimum Gasteiger partial charge on any atom is -0.384 e. The molecule has 0 spiro atoms. The number of nitrogens with zero attached hydrogens (tertiary/aromatic N) is 4. The summed E-state index contributed by atoms with van der Waals surface area (Å²) in [4.78, 5) is 23.6. The number of nitrogens with two attached hydrogens (primary N) is 1. The first-order chi connectivity index (χ1) is 12.6. The van der Waals surface area contributed by atoms with E-state index in [2.05, 4.69) is 9.97 Å². The average Bonchev–Trinajstić information content (AvgIpc) is 2.97. The Morgan fingerprint density at radius 2 is 2.08 bits per heavy atom. The Morgan fingerprint density at radius 3 is 2.92 bits per heavy atom. The highest BCUT2D eigenvalue weighted by Crippen LogP contribution is 2.22. The number of aromatic nitrogens is 3. The first-order valence-corrected chi connectivity index (χ1v) is 8.65. The van der Waals surface area contributed by atoms with Gasteiger partial charge in [-0.3, -0.25) is 4.79 Å². The summed E-state index contributed by atoms with van der Waals surface area (Å²) in [7, 11) is 0. The van der Waals surface area contributed by atoms with Gasteiger partial charge in [-0.1, -0.05) is 18.2 Å². The minimum atomic E-state index is -0.253. The van der Waals surface area contributed by atoms with Gasteiger partial charge < -0.3 is 19.9 Å². The van der Waals surface area contributed by atoms with E-state index in [1.807, 2.05) is 52.8 Å². The van der Waals surface area contributed by atoms with Crippen LogP contribution in [-0.4, -0.2) is 45.0 Å². The van der Waals surface area contributed by atoms with Crippen molar-refractivity contribution in [3.05, 3.63) is 54.0 Å². The predicted molar refractivity (Wildman–Crippen MR) is 98.4 cm³/mol. The van der Waals surface area contributed by atoms with Crippen molar-refractivity contribution in [2.75, 3.05) is 25.4 Å². The lowest BCUT2D eigenvalue weighted by Crippen LogP contribution is -2.44. The van der Waals surface area contributed by atoms with Gasteiger partial charge in [0.15, 0.2) is 0 Å². The molecule has 0 saturated carbocycles. The summed E-state index contributed by atoms with van der Waals surface area (Å²) in [5, 5.41) is 0. The van der Waals surface area contributed by atoms with Crippen molar-refractivity contribution in [1.29, 1.82) is 0 Å². The Bertz CT molecular complexity index is 952. The molecular formula is C19H21N5O2. The number of para-hydroxylation sites is 2. The van der Waals surface area contributed by atoms with E-state index < -0.39 is 0 Å². The number of rotatable bonds is 3. The molecule has 0 bridgehead atoms. The molecule has 2 aromatic heterocycles. The summed E-state index contributed by atoms with van der Waals surface area (Å²) in [5.41, 5.74) is 8.40. The fraction of sp³-hybridized carbons (Fsp3) is 0.316. The molecule has 1 aromatic carbocycles. The molecule has 1 amide bonds. The van der Waals surface area contributed by atoms with Gasteiger partial charge in [-0.2, -0.15) is 0 Å². The summed E-state index contributed by atoms with van der Waals surface area (Å²) in [6.45, 7) is 3.72. The van der Waals surface area contributed by atoms with Crippen LogP contribution in [0.25, 0.3) is 11.0 Å². The van der Waals surface area contributed by atoms with Crippen LogP contribution in [0, 0.1) is 6.92 Å². The van der Waals surface area contributed by atoms with E-state index in [-0.39, 0.29) is 18.6 Å². The van der Waals surface area contributed by atoms with E-state index in [1.54, 1.807) is 6.07 Å². The number of anilines is 1. The average molecular weight is 351 g/mol. The van der Waals surface area contributed by atoms with Crippen LogP contribution < -0.4 is 5.73 Å². The smallest absolute Gasteiger partial charge is 0.242 e. The lowest BCUT2D eigenvalue weighted by molar-refractivity contribution is -0.139. The van der Waals surface area contributed by atoms with Crippen molar-refractivity contribution in [2.45, 2.75) is 19.6 Å². The van der Waals surface area contributed by atoms with Gasteiger partial charge in [-0.15, -0.1) is 0 Å². The van der Waals surface area contributed by atoms with Crippen molar-refractivity contribution in [3.63, 3.8) is 0 Å². The molecular weight excluding hydrogens is 330 g/mol. The normalized spacial score (nSPS) is 17.6. The number of hydrogen-bond acceptors (Lipinski definition) is 5. The molecule has 0 unspecified atom stereocenters. The van der Waals surface area contributed by atoms with E-state index in [0.717, 1.165) is 22.6 Å². The second-order valence-corrected chi connectivity index (χ2v) is 6.42. The van der Waals surface area contributed by atoms with Gasteiger partial charge >= 0.3 is 0 Å². The second-order valence-electron chi connectivity index (χ2n) is 6.42. The van der Waals surface area contributed by atoms with E-state index in [4.69, 9.17) is 10.5 Å². The molecule has 1 atom stereocenters. The van der Waals surface area contributed by atoms with E-state index in [9.17, 15) is 4.79 Å². The third-order valence-electron chi connectivity index (χ3n) is 4.68. The highest BCUT2D eigenvalue weighted by molar-refractivity contribution is 5.81. The first kappa shape index (κ1) is 16.5. The molecule has 1 fully saturated rings. The second kappa shape index (κ2) is 6.76. The van der Waals surface area contributed by atoms with Crippen molar-refractivity contribution in [1.82, 2.24) is 19.4 Å². The Kier molecular flexibility index (Phi) is 4.30. The summed E-state index contributed by atoms with van der Waals surface area (Å²) in [6, 6.07) is 13.3. The monoisotopic (exact) mass is 351 g/mol. The van der Waals surface area contributed by atoms with Crippen LogP contribution >= 0.6 is 0 Å². The van der Waals surface area contributed by atoms with Gasteiger partial charge in [0, 0.05) is 6.54 Å². The quantitative estimate of drug-likeness (QED) is 0.779. The number of morpholine rings is 1. The van der Waals surface area contributed by atoms with Gasteiger partial charge in [-0.25, -0.2) is 9.97 Å². The molecule has 7 nitrogen and oxygen atoms in total. The number of nitrogen functional groups attached to an aromatic ring is 1. The van der Waals surface area contributed by atoms with Gasteiger partial charge in [0.05, 0.1) is 29.9 Å². The third kappa shape index (κ3) is 3.13. The van der Waals surface area contributed by atoms with Crippen molar-refractivity contribution in [2.24, 2.45) is 0 Å². The first-order valence-electron chi connectivity index (χ1n) is 8.65. The summed E-state index contributed by atoms with van der Waals surface area (Å²) in [5.74, 6) is 1.34. The van der Waals surface area contributed by atoms with Gasteiger partial charge in [0.2, 0.25) is 5.91 Å². The highest BCUT2D eigenvalue weighted by Gasteiger charge is 2.27. The molecule has 7 heteroatoms. The van der Waals surface area contributed by atoms with Gasteiger partial charge in [0.25, 0.3) is 0 Å². The molecule has 0 aliphatic carbocycles. The Labute approximate surface area is 151 Å². The molecule has 134 valence electrons. The number of pyridine rings is 1. The molecule has 1 aliphatic heterocycles. The highest BCUT2D eigenvalue weighted by atomic mass is 16.5. The van der Waals surface area contributed by atoms with Crippen molar-refractivity contribution >= 4 is 22.8 Å². The van der Waals surface area contributed by atoms with Crippen LogP contribution in [0.15, 0.2) is 42.5 Å². The van der Waals surface area contributed by atoms with Crippen LogP contribution in [0.4, 0.5) is 5.82 Å². The zero-order chi connectivity index (χ0) is 18.1. The molecule has 3 heterocycles. The fourth-order valence-corrected chi connectivity index (χ4v) is 3.33. The zero-order valence-corrected chi connectivity index (χ0v) is 14.6. The summed E-state index contributed by atoms with van der Waals surface area (Å²) < 4.78 is 7.76. The summed E-state index contributed by atoms with van der Waals surface area (Å²) in [6.07, 6.45) is -0.253. The summed E-state index contributed by atoms with van der Waals surface area (Å²) >= 11 is 0. The molecule has 1 saturated heterocycles. The Morgan fingerprint density at radius 1 is 1.23 bits per heavy atom. The van der Waals surface area contributed by atoms with Crippen LogP contribution in [0.5, 0.6) is 0 Å². The number of amides is 1. The largest absolute Gasteiger partial charge is 0.384 e. The van der Waals surface area contributed by atoms with Crippen LogP contribution in [0.3, 0.4) is 0 Å². The number of carbonyl (C=O) groups excluding carboxylic acids is 1. The Hall–Kier alpha value is -2.93. The number of imidazole rings is 1. The topological polar surface area (TPSA) is 86.3 Å². The van der Waals surface area contributed by atoms with Gasteiger partial charge in [-0.05, 0) is 31.2 Å². The fourth-order valence-electron chi connectivity index (χ4n) is 3.33. The lowest BCUT2D eigenvalue weighted by atomic mass is 10.2. The van der Waals surface area contributed by atoms with E-state index in [1.165, 1.54) is 0 Å². The van der Waals surface area contributed by atoms with E-state index >= 15 is 0 Å². The lowest BCUT2D eigenvalue weighted by Gasteiger charge is -2.33. The Balaban J connectivity index is 1.51. The van der Waals surface area contributed by atoms with Crippen molar-refractivity contribution in [3.8, 4) is 0 Å². The number of hydrogen-bond donors (Lipinski definition) is 1. The third-order valence-corrected chi connectivity index (χ3v) is 4.68. The number of benzene rings is 1. The minimum absolute atomic E-state index is 0.0495. The maximum absolute atomic E-state index is 12.9. The SMILES string of the molecule is Cc1nc2ccccc2n1CC(=O)N1CCO[C@H](c2cccc(N)n2)C1. The molecule has 2 N–H and O–H groups in total. The number of fused-ring (bicyclic) bond motifs is 1. The molecule has 3 aromatic rings. The van der Waals surface area contributed by atoms with Gasteiger partial charge in [0.1, 0.15) is 24.3 Å². The zero-order valence-electron chi connectivity index (χ0n) is 14.6. The van der Waals surface area contributed by atoms with Crippen LogP contribution in [0.1, 0.15) is 17.6 Å². The molecule has 4 rings (SSSR count). The number of aryl methyl sites for hydroxylation is 1.